The molecule has 2 heterocycles. The van der Waals surface area contributed by atoms with Gasteiger partial charge in [0, 0.05) is 23.6 Å². The summed E-state index contributed by atoms with van der Waals surface area (Å²) in [6.07, 6.45) is 1.84. The highest BCUT2D eigenvalue weighted by Crippen LogP contribution is 2.33. The van der Waals surface area contributed by atoms with Crippen LogP contribution in [0.4, 0.5) is 4.79 Å². The molecule has 1 aliphatic rings. The van der Waals surface area contributed by atoms with Crippen molar-refractivity contribution in [3.63, 3.8) is 0 Å². The van der Waals surface area contributed by atoms with E-state index in [9.17, 15) is 9.59 Å². The lowest BCUT2D eigenvalue weighted by molar-refractivity contribution is -0.122. The lowest BCUT2D eigenvalue weighted by Gasteiger charge is -2.13. The van der Waals surface area contributed by atoms with Crippen LogP contribution >= 0.6 is 11.8 Å². The van der Waals surface area contributed by atoms with Gasteiger partial charge in [-0.05, 0) is 75.7 Å². The highest BCUT2D eigenvalue weighted by molar-refractivity contribution is 8.18. The van der Waals surface area contributed by atoms with Crippen LogP contribution in [0, 0.1) is 27.7 Å². The van der Waals surface area contributed by atoms with Gasteiger partial charge in [0.25, 0.3) is 11.1 Å². The topological polar surface area (TPSA) is 42.3 Å². The van der Waals surface area contributed by atoms with E-state index in [4.69, 9.17) is 0 Å². The SMILES string of the molecule is CCN1C(=O)S/C(=C/c2cc(C)n(-c3ccc(C)cc3C)c2C)C1=O. The second-order valence-corrected chi connectivity index (χ2v) is 7.37. The molecule has 1 aromatic carbocycles. The smallest absolute Gasteiger partial charge is 0.293 e. The summed E-state index contributed by atoms with van der Waals surface area (Å²) in [5.74, 6) is -0.200. The summed E-state index contributed by atoms with van der Waals surface area (Å²) in [6, 6.07) is 8.46. The lowest BCUT2D eigenvalue weighted by atomic mass is 10.1. The number of carbonyl (C=O) groups excluding carboxylic acids is 2. The molecule has 1 aliphatic heterocycles. The van der Waals surface area contributed by atoms with Crippen molar-refractivity contribution >= 4 is 29.0 Å². The maximum atomic E-state index is 12.3. The van der Waals surface area contributed by atoms with Crippen LogP contribution in [0.2, 0.25) is 0 Å². The Kier molecular flexibility index (Phi) is 4.60. The number of benzene rings is 1. The molecule has 3 rings (SSSR count). The number of hydrogen-bond donors (Lipinski definition) is 0. The van der Waals surface area contributed by atoms with Gasteiger partial charge in [-0.25, -0.2) is 0 Å². The molecular weight excluding hydrogens is 332 g/mol. The maximum Gasteiger partial charge on any atom is 0.293 e. The average Bonchev–Trinajstić information content (AvgIpc) is 2.97. The molecule has 0 spiro atoms. The molecule has 5 heteroatoms. The second-order valence-electron chi connectivity index (χ2n) is 6.38. The molecule has 130 valence electrons. The molecule has 0 unspecified atom stereocenters. The molecule has 0 saturated carbocycles. The largest absolute Gasteiger partial charge is 0.318 e. The summed E-state index contributed by atoms with van der Waals surface area (Å²) in [4.78, 5) is 26.0. The predicted octanol–water partition coefficient (Wildman–Crippen LogP) is 4.77. The number of aryl methyl sites for hydroxylation is 3. The monoisotopic (exact) mass is 354 g/mol. The number of rotatable bonds is 3. The van der Waals surface area contributed by atoms with Gasteiger partial charge in [0.05, 0.1) is 4.91 Å². The number of carbonyl (C=O) groups is 2. The Bertz CT molecular complexity index is 909. The second kappa shape index (κ2) is 6.56. The van der Waals surface area contributed by atoms with Crippen LogP contribution < -0.4 is 0 Å². The molecule has 0 bridgehead atoms. The van der Waals surface area contributed by atoms with Gasteiger partial charge < -0.3 is 4.57 Å². The van der Waals surface area contributed by atoms with Gasteiger partial charge in [-0.3, -0.25) is 14.5 Å². The first-order chi connectivity index (χ1) is 11.8. The molecular formula is C20H22N2O2S. The molecule has 2 aromatic rings. The van der Waals surface area contributed by atoms with Crippen molar-refractivity contribution in [2.45, 2.75) is 34.6 Å². The fraction of sp³-hybridized carbons (Fsp3) is 0.300. The minimum Gasteiger partial charge on any atom is -0.318 e. The van der Waals surface area contributed by atoms with Crippen molar-refractivity contribution in [3.8, 4) is 5.69 Å². The summed E-state index contributed by atoms with van der Waals surface area (Å²) in [7, 11) is 0. The van der Waals surface area contributed by atoms with Gasteiger partial charge >= 0.3 is 0 Å². The Balaban J connectivity index is 2.05. The quantitative estimate of drug-likeness (QED) is 0.746. The lowest BCUT2D eigenvalue weighted by Crippen LogP contribution is -2.27. The number of aromatic nitrogens is 1. The molecule has 4 nitrogen and oxygen atoms in total. The highest BCUT2D eigenvalue weighted by Gasteiger charge is 2.33. The number of likely N-dealkylation sites (N-methyl/N-ethyl adjacent to an activating group) is 1. The van der Waals surface area contributed by atoms with E-state index in [0.717, 1.165) is 34.4 Å². The summed E-state index contributed by atoms with van der Waals surface area (Å²) in [5, 5.41) is -0.193. The van der Waals surface area contributed by atoms with E-state index < -0.39 is 0 Å². The van der Waals surface area contributed by atoms with Crippen LogP contribution in [0.15, 0.2) is 29.2 Å². The van der Waals surface area contributed by atoms with E-state index in [0.29, 0.717) is 11.4 Å². The predicted molar refractivity (Wildman–Crippen MR) is 103 cm³/mol. The number of nitrogens with zero attached hydrogens (tertiary/aromatic N) is 2. The first-order valence-corrected chi connectivity index (χ1v) is 9.17. The molecule has 0 radical (unpaired) electrons. The summed E-state index contributed by atoms with van der Waals surface area (Å²) >= 11 is 1.02. The van der Waals surface area contributed by atoms with Crippen LogP contribution in [0.5, 0.6) is 0 Å². The van der Waals surface area contributed by atoms with Gasteiger partial charge in [-0.15, -0.1) is 0 Å². The molecule has 1 saturated heterocycles. The van der Waals surface area contributed by atoms with E-state index in [2.05, 4.69) is 49.6 Å². The Labute approximate surface area is 152 Å². The highest BCUT2D eigenvalue weighted by atomic mass is 32.2. The number of amides is 2. The summed E-state index contributed by atoms with van der Waals surface area (Å²) in [5.41, 5.74) is 6.72. The molecule has 2 amide bonds. The third kappa shape index (κ3) is 3.04. The maximum absolute atomic E-state index is 12.3. The Morgan fingerprint density at radius 2 is 1.80 bits per heavy atom. The van der Waals surface area contributed by atoms with Crippen LogP contribution in [0.1, 0.15) is 35.0 Å². The summed E-state index contributed by atoms with van der Waals surface area (Å²) < 4.78 is 2.20. The Hall–Kier alpha value is -2.27. The van der Waals surface area contributed by atoms with Crippen molar-refractivity contribution in [3.05, 3.63) is 57.2 Å². The molecule has 1 fully saturated rings. The Morgan fingerprint density at radius 3 is 2.40 bits per heavy atom. The van der Waals surface area contributed by atoms with Crippen molar-refractivity contribution in [1.29, 1.82) is 0 Å². The zero-order chi connectivity index (χ0) is 18.3. The zero-order valence-electron chi connectivity index (χ0n) is 15.2. The van der Waals surface area contributed by atoms with Crippen molar-refractivity contribution < 1.29 is 9.59 Å². The van der Waals surface area contributed by atoms with Gasteiger partial charge in [0.15, 0.2) is 0 Å². The number of hydrogen-bond acceptors (Lipinski definition) is 3. The van der Waals surface area contributed by atoms with Crippen molar-refractivity contribution in [1.82, 2.24) is 9.47 Å². The van der Waals surface area contributed by atoms with Crippen molar-refractivity contribution in [2.24, 2.45) is 0 Å². The van der Waals surface area contributed by atoms with Crippen LogP contribution in [0.3, 0.4) is 0 Å². The molecule has 1 aromatic heterocycles. The van der Waals surface area contributed by atoms with E-state index in [1.54, 1.807) is 0 Å². The standard InChI is InChI=1S/C20H22N2O2S/c1-6-21-19(23)18(25-20(21)24)11-16-10-14(4)22(15(16)5)17-8-7-12(2)9-13(17)3/h7-11H,6H2,1-5H3/b18-11+. The molecule has 0 atom stereocenters. The first-order valence-electron chi connectivity index (χ1n) is 8.35. The molecule has 25 heavy (non-hydrogen) atoms. The third-order valence-corrected chi connectivity index (χ3v) is 5.45. The van der Waals surface area contributed by atoms with E-state index in [1.165, 1.54) is 16.0 Å². The van der Waals surface area contributed by atoms with E-state index in [1.807, 2.05) is 19.9 Å². The fourth-order valence-electron chi connectivity index (χ4n) is 3.27. The average molecular weight is 354 g/mol. The minimum absolute atomic E-state index is 0.193. The number of thioether (sulfide) groups is 1. The van der Waals surface area contributed by atoms with Crippen LogP contribution in [0.25, 0.3) is 11.8 Å². The normalized spacial score (nSPS) is 16.4. The van der Waals surface area contributed by atoms with Crippen LogP contribution in [-0.4, -0.2) is 27.2 Å². The van der Waals surface area contributed by atoms with Gasteiger partial charge in [0.1, 0.15) is 0 Å². The molecule has 0 aliphatic carbocycles. The first kappa shape index (κ1) is 17.5. The van der Waals surface area contributed by atoms with Crippen molar-refractivity contribution in [2.75, 3.05) is 6.54 Å². The minimum atomic E-state index is -0.200. The number of imide groups is 1. The zero-order valence-corrected chi connectivity index (χ0v) is 16.0. The fourth-order valence-corrected chi connectivity index (χ4v) is 4.17. The van der Waals surface area contributed by atoms with Gasteiger partial charge in [0.2, 0.25) is 0 Å². The van der Waals surface area contributed by atoms with Crippen LogP contribution in [-0.2, 0) is 4.79 Å². The molecule has 0 N–H and O–H groups in total. The Morgan fingerprint density at radius 1 is 1.08 bits per heavy atom. The van der Waals surface area contributed by atoms with Gasteiger partial charge in [-0.2, -0.15) is 0 Å². The van der Waals surface area contributed by atoms with Gasteiger partial charge in [-0.1, -0.05) is 17.7 Å². The van der Waals surface area contributed by atoms with E-state index in [-0.39, 0.29) is 11.1 Å². The third-order valence-electron chi connectivity index (χ3n) is 4.54. The summed E-state index contributed by atoms with van der Waals surface area (Å²) in [6.45, 7) is 10.5. The van der Waals surface area contributed by atoms with E-state index >= 15 is 0 Å².